The SMILES string of the molecule is COc1ccc(NC(=O)COC(=O)CON=C(C)c2ccc3c(c2)OCO3)cc1S(N)(=O)=O. The highest BCUT2D eigenvalue weighted by atomic mass is 32.2. The Bertz CT molecular complexity index is 1200. The van der Waals surface area contributed by atoms with E-state index in [1.165, 1.54) is 19.2 Å². The Hall–Kier alpha value is -3.84. The summed E-state index contributed by atoms with van der Waals surface area (Å²) in [5.74, 6) is -0.290. The number of anilines is 1. The number of fused-ring (bicyclic) bond motifs is 1. The molecule has 13 heteroatoms. The first-order chi connectivity index (χ1) is 15.7. The smallest absolute Gasteiger partial charge is 0.347 e. The highest BCUT2D eigenvalue weighted by Crippen LogP contribution is 2.32. The van der Waals surface area contributed by atoms with Gasteiger partial charge >= 0.3 is 5.97 Å². The van der Waals surface area contributed by atoms with Gasteiger partial charge in [-0.3, -0.25) is 4.79 Å². The molecule has 0 fully saturated rings. The van der Waals surface area contributed by atoms with Gasteiger partial charge in [0.25, 0.3) is 5.91 Å². The van der Waals surface area contributed by atoms with Crippen molar-refractivity contribution in [1.82, 2.24) is 0 Å². The zero-order valence-corrected chi connectivity index (χ0v) is 18.5. The van der Waals surface area contributed by atoms with E-state index < -0.39 is 35.1 Å². The van der Waals surface area contributed by atoms with Crippen LogP contribution in [0.15, 0.2) is 46.4 Å². The van der Waals surface area contributed by atoms with Crippen LogP contribution in [0.4, 0.5) is 5.69 Å². The fourth-order valence-electron chi connectivity index (χ4n) is 2.72. The molecule has 1 aliphatic rings. The number of hydrogen-bond acceptors (Lipinski definition) is 10. The van der Waals surface area contributed by atoms with Crippen molar-refractivity contribution >= 4 is 33.3 Å². The molecule has 0 bridgehead atoms. The second-order valence-electron chi connectivity index (χ2n) is 6.64. The standard InChI is InChI=1S/C20H21N3O9S/c1-12(13-3-5-15-17(7-13)31-11-30-15)23-32-10-20(25)29-9-19(24)22-14-4-6-16(28-2)18(8-14)33(21,26)27/h3-8H,9-11H2,1-2H3,(H,22,24)(H2,21,26,27). The Labute approximate surface area is 189 Å². The lowest BCUT2D eigenvalue weighted by Gasteiger charge is -2.10. The van der Waals surface area contributed by atoms with Gasteiger partial charge in [-0.25, -0.2) is 18.4 Å². The molecular formula is C20H21N3O9S. The van der Waals surface area contributed by atoms with Crippen molar-refractivity contribution in [1.29, 1.82) is 0 Å². The van der Waals surface area contributed by atoms with Crippen LogP contribution in [0.3, 0.4) is 0 Å². The van der Waals surface area contributed by atoms with Crippen molar-refractivity contribution in [3.63, 3.8) is 0 Å². The number of sulfonamides is 1. The maximum atomic E-state index is 12.0. The van der Waals surface area contributed by atoms with Crippen molar-refractivity contribution in [2.75, 3.05) is 32.4 Å². The van der Waals surface area contributed by atoms with E-state index in [2.05, 4.69) is 10.5 Å². The number of amides is 1. The second-order valence-corrected chi connectivity index (χ2v) is 8.17. The molecule has 0 spiro atoms. The lowest BCUT2D eigenvalue weighted by Crippen LogP contribution is -2.23. The van der Waals surface area contributed by atoms with Gasteiger partial charge in [-0.15, -0.1) is 0 Å². The molecule has 0 atom stereocenters. The number of carbonyl (C=O) groups is 2. The van der Waals surface area contributed by atoms with Crippen molar-refractivity contribution in [2.45, 2.75) is 11.8 Å². The van der Waals surface area contributed by atoms with Crippen molar-refractivity contribution in [2.24, 2.45) is 10.3 Å². The van der Waals surface area contributed by atoms with Crippen LogP contribution in [-0.4, -0.2) is 53.1 Å². The Morgan fingerprint density at radius 2 is 1.88 bits per heavy atom. The quantitative estimate of drug-likeness (QED) is 0.303. The van der Waals surface area contributed by atoms with E-state index in [0.29, 0.717) is 22.8 Å². The predicted molar refractivity (Wildman–Crippen MR) is 115 cm³/mol. The van der Waals surface area contributed by atoms with Crippen molar-refractivity contribution in [3.05, 3.63) is 42.0 Å². The van der Waals surface area contributed by atoms with Gasteiger partial charge in [-0.2, -0.15) is 0 Å². The number of oxime groups is 1. The van der Waals surface area contributed by atoms with Crippen molar-refractivity contribution < 1.29 is 41.8 Å². The van der Waals surface area contributed by atoms with Gasteiger partial charge in [-0.1, -0.05) is 5.16 Å². The van der Waals surface area contributed by atoms with Gasteiger partial charge in [0.1, 0.15) is 10.6 Å². The van der Waals surface area contributed by atoms with Gasteiger partial charge in [-0.05, 0) is 43.3 Å². The number of benzene rings is 2. The first-order valence-corrected chi connectivity index (χ1v) is 10.9. The first-order valence-electron chi connectivity index (χ1n) is 9.40. The molecule has 3 N–H and O–H groups in total. The summed E-state index contributed by atoms with van der Waals surface area (Å²) in [6.45, 7) is 0.689. The van der Waals surface area contributed by atoms with E-state index in [-0.39, 0.29) is 23.1 Å². The van der Waals surface area contributed by atoms with Crippen LogP contribution in [0.5, 0.6) is 17.2 Å². The number of carbonyl (C=O) groups excluding carboxylic acids is 2. The fraction of sp³-hybridized carbons (Fsp3) is 0.250. The van der Waals surface area contributed by atoms with Crippen LogP contribution in [0.25, 0.3) is 0 Å². The molecular weight excluding hydrogens is 458 g/mol. The van der Waals surface area contributed by atoms with Crippen LogP contribution < -0.4 is 24.7 Å². The van der Waals surface area contributed by atoms with E-state index in [4.69, 9.17) is 28.9 Å². The van der Waals surface area contributed by atoms with Crippen LogP contribution in [0.1, 0.15) is 12.5 Å². The van der Waals surface area contributed by atoms with E-state index in [1.807, 2.05) is 0 Å². The van der Waals surface area contributed by atoms with E-state index in [9.17, 15) is 18.0 Å². The Balaban J connectivity index is 1.47. The largest absolute Gasteiger partial charge is 0.495 e. The molecule has 33 heavy (non-hydrogen) atoms. The molecule has 0 aromatic heterocycles. The minimum absolute atomic E-state index is 0.0238. The summed E-state index contributed by atoms with van der Waals surface area (Å²) in [5.41, 5.74) is 1.33. The molecule has 0 saturated heterocycles. The average molecular weight is 479 g/mol. The molecule has 12 nitrogen and oxygen atoms in total. The molecule has 0 saturated carbocycles. The Morgan fingerprint density at radius 3 is 2.61 bits per heavy atom. The van der Waals surface area contributed by atoms with E-state index >= 15 is 0 Å². The molecule has 0 radical (unpaired) electrons. The molecule has 176 valence electrons. The number of primary sulfonamides is 1. The third-order valence-electron chi connectivity index (χ3n) is 4.29. The molecule has 1 amide bonds. The molecule has 2 aromatic rings. The monoisotopic (exact) mass is 479 g/mol. The number of esters is 1. The molecule has 2 aromatic carbocycles. The Morgan fingerprint density at radius 1 is 1.12 bits per heavy atom. The number of methoxy groups -OCH3 is 1. The maximum Gasteiger partial charge on any atom is 0.347 e. The second kappa shape index (κ2) is 10.2. The number of rotatable bonds is 9. The third kappa shape index (κ3) is 6.33. The molecule has 0 unspecified atom stereocenters. The summed E-state index contributed by atoms with van der Waals surface area (Å²) in [5, 5.41) is 11.4. The first kappa shape index (κ1) is 23.8. The third-order valence-corrected chi connectivity index (χ3v) is 5.22. The highest BCUT2D eigenvalue weighted by Gasteiger charge is 2.17. The van der Waals surface area contributed by atoms with Gasteiger partial charge in [0.2, 0.25) is 23.4 Å². The minimum atomic E-state index is -4.07. The summed E-state index contributed by atoms with van der Waals surface area (Å²) in [4.78, 5) is 28.5. The summed E-state index contributed by atoms with van der Waals surface area (Å²) in [7, 11) is -2.79. The lowest BCUT2D eigenvalue weighted by atomic mass is 10.1. The van der Waals surface area contributed by atoms with Crippen molar-refractivity contribution in [3.8, 4) is 17.2 Å². The number of ether oxygens (including phenoxy) is 4. The normalized spacial score (nSPS) is 12.8. The summed E-state index contributed by atoms with van der Waals surface area (Å²) in [6.07, 6.45) is 0. The summed E-state index contributed by atoms with van der Waals surface area (Å²) in [6, 6.07) is 9.09. The van der Waals surface area contributed by atoms with Crippen LogP contribution in [0, 0.1) is 0 Å². The minimum Gasteiger partial charge on any atom is -0.495 e. The number of nitrogens with two attached hydrogens (primary N) is 1. The number of nitrogens with zero attached hydrogens (tertiary/aromatic N) is 1. The molecule has 1 heterocycles. The summed E-state index contributed by atoms with van der Waals surface area (Å²) < 4.78 is 43.5. The topological polar surface area (TPSA) is 165 Å². The van der Waals surface area contributed by atoms with E-state index in [1.54, 1.807) is 25.1 Å². The van der Waals surface area contributed by atoms with Crippen LogP contribution >= 0.6 is 0 Å². The number of nitrogens with one attached hydrogen (secondary N) is 1. The molecule has 0 aliphatic carbocycles. The average Bonchev–Trinajstić information content (AvgIpc) is 3.25. The highest BCUT2D eigenvalue weighted by molar-refractivity contribution is 7.89. The maximum absolute atomic E-state index is 12.0. The van der Waals surface area contributed by atoms with E-state index in [0.717, 1.165) is 6.07 Å². The predicted octanol–water partition coefficient (Wildman–Crippen LogP) is 0.994. The Kier molecular flexibility index (Phi) is 7.35. The zero-order valence-electron chi connectivity index (χ0n) is 17.7. The lowest BCUT2D eigenvalue weighted by molar-refractivity contribution is -0.151. The fourth-order valence-corrected chi connectivity index (χ4v) is 3.44. The zero-order chi connectivity index (χ0) is 24.0. The van der Waals surface area contributed by atoms with Gasteiger partial charge in [0.15, 0.2) is 18.1 Å². The van der Waals surface area contributed by atoms with Gasteiger partial charge in [0.05, 0.1) is 12.8 Å². The molecule has 3 rings (SSSR count). The summed E-state index contributed by atoms with van der Waals surface area (Å²) >= 11 is 0. The van der Waals surface area contributed by atoms with Crippen LogP contribution in [-0.2, 0) is 29.2 Å². The number of hydrogen-bond donors (Lipinski definition) is 2. The molecule has 1 aliphatic heterocycles. The van der Waals surface area contributed by atoms with Crippen LogP contribution in [0.2, 0.25) is 0 Å². The van der Waals surface area contributed by atoms with Gasteiger partial charge in [0, 0.05) is 11.3 Å². The van der Waals surface area contributed by atoms with Gasteiger partial charge < -0.3 is 29.1 Å².